The number of methoxy groups -OCH3 is 2. The highest BCUT2D eigenvalue weighted by Crippen LogP contribution is 2.39. The van der Waals surface area contributed by atoms with Crippen molar-refractivity contribution in [3.05, 3.63) is 95.1 Å². The highest BCUT2D eigenvalue weighted by Gasteiger charge is 2.41. The van der Waals surface area contributed by atoms with Crippen molar-refractivity contribution in [3.63, 3.8) is 0 Å². The summed E-state index contributed by atoms with van der Waals surface area (Å²) in [6.07, 6.45) is 2.04. The van der Waals surface area contributed by atoms with Crippen LogP contribution in [0.5, 0.6) is 11.5 Å². The van der Waals surface area contributed by atoms with Crippen molar-refractivity contribution in [2.24, 2.45) is 5.41 Å². The maximum atomic E-state index is 13.7. The Balaban J connectivity index is 1.75. The standard InChI is InChI=1S/C27H24O3/c1-29-23-10-8-21(9-11-23)19-27(16-14-20-6-4-3-5-7-20)17-15-22-18-24(30-2)12-13-25(22)26(27)28/h3-13,18H,15,17,19H2,1-2H3. The number of ketones is 1. The second-order valence-corrected chi connectivity index (χ2v) is 7.58. The van der Waals surface area contributed by atoms with Crippen LogP contribution in [0, 0.1) is 17.3 Å². The lowest BCUT2D eigenvalue weighted by Gasteiger charge is -2.33. The van der Waals surface area contributed by atoms with Crippen molar-refractivity contribution in [3.8, 4) is 23.3 Å². The van der Waals surface area contributed by atoms with Crippen molar-refractivity contribution in [2.45, 2.75) is 19.3 Å². The molecular formula is C27H24O3. The summed E-state index contributed by atoms with van der Waals surface area (Å²) in [6, 6.07) is 23.4. The van der Waals surface area contributed by atoms with E-state index in [9.17, 15) is 4.79 Å². The number of fused-ring (bicyclic) bond motifs is 1. The van der Waals surface area contributed by atoms with Gasteiger partial charge >= 0.3 is 0 Å². The van der Waals surface area contributed by atoms with Crippen LogP contribution in [-0.4, -0.2) is 20.0 Å². The topological polar surface area (TPSA) is 35.5 Å². The molecular weight excluding hydrogens is 372 g/mol. The molecule has 0 radical (unpaired) electrons. The fraction of sp³-hybridized carbons (Fsp3) is 0.222. The molecule has 3 heteroatoms. The van der Waals surface area contributed by atoms with Gasteiger partial charge in [-0.15, -0.1) is 0 Å². The van der Waals surface area contributed by atoms with Crippen LogP contribution in [0.15, 0.2) is 72.8 Å². The van der Waals surface area contributed by atoms with Gasteiger partial charge in [0.15, 0.2) is 5.78 Å². The molecule has 0 heterocycles. The lowest BCUT2D eigenvalue weighted by Crippen LogP contribution is -2.37. The first-order valence-corrected chi connectivity index (χ1v) is 10.1. The minimum Gasteiger partial charge on any atom is -0.497 e. The van der Waals surface area contributed by atoms with E-state index in [1.54, 1.807) is 14.2 Å². The van der Waals surface area contributed by atoms with E-state index in [1.165, 1.54) is 0 Å². The molecule has 1 aliphatic carbocycles. The highest BCUT2D eigenvalue weighted by molar-refractivity contribution is 6.05. The number of benzene rings is 3. The third-order valence-electron chi connectivity index (χ3n) is 5.70. The lowest BCUT2D eigenvalue weighted by atomic mass is 9.67. The zero-order valence-electron chi connectivity index (χ0n) is 17.3. The van der Waals surface area contributed by atoms with Gasteiger partial charge in [-0.1, -0.05) is 42.2 Å². The molecule has 150 valence electrons. The number of hydrogen-bond acceptors (Lipinski definition) is 3. The molecule has 0 spiro atoms. The molecule has 0 bridgehead atoms. The van der Waals surface area contributed by atoms with Gasteiger partial charge in [0.05, 0.1) is 19.6 Å². The van der Waals surface area contributed by atoms with Crippen molar-refractivity contribution in [1.82, 2.24) is 0 Å². The van der Waals surface area contributed by atoms with E-state index in [1.807, 2.05) is 72.8 Å². The summed E-state index contributed by atoms with van der Waals surface area (Å²) in [5, 5.41) is 0. The molecule has 0 N–H and O–H groups in total. The number of rotatable bonds is 4. The Bertz CT molecular complexity index is 1100. The second kappa shape index (κ2) is 8.47. The average Bonchev–Trinajstić information content (AvgIpc) is 2.81. The third kappa shape index (κ3) is 3.95. The molecule has 0 fully saturated rings. The van der Waals surface area contributed by atoms with Gasteiger partial charge in [-0.25, -0.2) is 0 Å². The maximum absolute atomic E-state index is 13.7. The van der Waals surface area contributed by atoms with Crippen LogP contribution in [0.1, 0.15) is 33.5 Å². The van der Waals surface area contributed by atoms with Crippen molar-refractivity contribution in [2.75, 3.05) is 14.2 Å². The van der Waals surface area contributed by atoms with E-state index in [0.29, 0.717) is 12.8 Å². The predicted octanol–water partition coefficient (Wildman–Crippen LogP) is 5.11. The maximum Gasteiger partial charge on any atom is 0.181 e. The largest absolute Gasteiger partial charge is 0.497 e. The van der Waals surface area contributed by atoms with E-state index >= 15 is 0 Å². The van der Waals surface area contributed by atoms with Gasteiger partial charge in [0.25, 0.3) is 0 Å². The van der Waals surface area contributed by atoms with Gasteiger partial charge in [0.2, 0.25) is 0 Å². The molecule has 0 aromatic heterocycles. The Kier molecular flexibility index (Phi) is 5.59. The molecule has 0 aliphatic heterocycles. The zero-order valence-corrected chi connectivity index (χ0v) is 17.3. The predicted molar refractivity (Wildman–Crippen MR) is 118 cm³/mol. The molecule has 3 nitrogen and oxygen atoms in total. The van der Waals surface area contributed by atoms with E-state index in [4.69, 9.17) is 9.47 Å². The monoisotopic (exact) mass is 396 g/mol. The Labute approximate surface area is 177 Å². The Morgan fingerprint density at radius 3 is 2.30 bits per heavy atom. The number of carbonyl (C=O) groups excluding carboxylic acids is 1. The van der Waals surface area contributed by atoms with Crippen LogP contribution in [0.25, 0.3) is 0 Å². The fourth-order valence-electron chi connectivity index (χ4n) is 3.98. The van der Waals surface area contributed by atoms with Gasteiger partial charge in [-0.05, 0) is 72.9 Å². The smallest absolute Gasteiger partial charge is 0.181 e. The van der Waals surface area contributed by atoms with Crippen LogP contribution >= 0.6 is 0 Å². The Hall–Kier alpha value is -3.51. The van der Waals surface area contributed by atoms with Crippen molar-refractivity contribution in [1.29, 1.82) is 0 Å². The highest BCUT2D eigenvalue weighted by atomic mass is 16.5. The molecule has 0 saturated carbocycles. The summed E-state index contributed by atoms with van der Waals surface area (Å²) in [6.45, 7) is 0. The first-order valence-electron chi connectivity index (χ1n) is 10.1. The van der Waals surface area contributed by atoms with E-state index in [2.05, 4.69) is 11.8 Å². The van der Waals surface area contributed by atoms with E-state index in [-0.39, 0.29) is 5.78 Å². The van der Waals surface area contributed by atoms with Gasteiger partial charge < -0.3 is 9.47 Å². The average molecular weight is 396 g/mol. The fourth-order valence-corrected chi connectivity index (χ4v) is 3.98. The Morgan fingerprint density at radius 2 is 1.60 bits per heavy atom. The normalized spacial score (nSPS) is 17.5. The van der Waals surface area contributed by atoms with Crippen molar-refractivity contribution < 1.29 is 14.3 Å². The van der Waals surface area contributed by atoms with E-state index < -0.39 is 5.41 Å². The Morgan fingerprint density at radius 1 is 0.900 bits per heavy atom. The molecule has 1 atom stereocenters. The number of Topliss-reactive ketones (excluding diaryl/α,β-unsaturated/α-hetero) is 1. The number of ether oxygens (including phenoxy) is 2. The van der Waals surface area contributed by atoms with Crippen LogP contribution in [0.2, 0.25) is 0 Å². The number of hydrogen-bond donors (Lipinski definition) is 0. The summed E-state index contributed by atoms with van der Waals surface area (Å²) < 4.78 is 10.6. The summed E-state index contributed by atoms with van der Waals surface area (Å²) >= 11 is 0. The quantitative estimate of drug-likeness (QED) is 0.575. The van der Waals surface area contributed by atoms with Gasteiger partial charge in [-0.2, -0.15) is 0 Å². The summed E-state index contributed by atoms with van der Waals surface area (Å²) in [5.74, 6) is 8.31. The van der Waals surface area contributed by atoms with Crippen LogP contribution < -0.4 is 9.47 Å². The molecule has 0 amide bonds. The number of carbonyl (C=O) groups is 1. The first kappa shape index (κ1) is 19.8. The SMILES string of the molecule is COc1ccc(CC2(C#Cc3ccccc3)CCc3cc(OC)ccc3C2=O)cc1. The first-order chi connectivity index (χ1) is 14.6. The molecule has 0 saturated heterocycles. The summed E-state index contributed by atoms with van der Waals surface area (Å²) in [7, 11) is 3.30. The van der Waals surface area contributed by atoms with E-state index in [0.717, 1.165) is 40.2 Å². The van der Waals surface area contributed by atoms with Crippen LogP contribution in [0.3, 0.4) is 0 Å². The minimum atomic E-state index is -0.758. The van der Waals surface area contributed by atoms with Crippen LogP contribution in [-0.2, 0) is 12.8 Å². The molecule has 4 rings (SSSR count). The summed E-state index contributed by atoms with van der Waals surface area (Å²) in [5.41, 5.74) is 3.01. The second-order valence-electron chi connectivity index (χ2n) is 7.58. The molecule has 1 aliphatic rings. The minimum absolute atomic E-state index is 0.0886. The number of aryl methyl sites for hydroxylation is 1. The lowest BCUT2D eigenvalue weighted by molar-refractivity contribution is 0.0836. The third-order valence-corrected chi connectivity index (χ3v) is 5.70. The van der Waals surface area contributed by atoms with Crippen molar-refractivity contribution >= 4 is 5.78 Å². The molecule has 3 aromatic carbocycles. The molecule has 3 aromatic rings. The van der Waals surface area contributed by atoms with Crippen LogP contribution in [0.4, 0.5) is 0 Å². The summed E-state index contributed by atoms with van der Waals surface area (Å²) in [4.78, 5) is 13.7. The van der Waals surface area contributed by atoms with Gasteiger partial charge in [0, 0.05) is 11.1 Å². The molecule has 30 heavy (non-hydrogen) atoms. The zero-order chi connectivity index (χ0) is 21.0. The van der Waals surface area contributed by atoms with Gasteiger partial charge in [-0.3, -0.25) is 4.79 Å². The molecule has 1 unspecified atom stereocenters. The van der Waals surface area contributed by atoms with Gasteiger partial charge in [0.1, 0.15) is 11.5 Å².